The second-order valence-electron chi connectivity index (χ2n) is 3.59. The minimum atomic E-state index is 0.604. The van der Waals surface area contributed by atoms with E-state index in [0.29, 0.717) is 11.2 Å². The molecular weight excluding hydrogens is 168 g/mol. The number of hydrogen-bond acceptors (Lipinski definition) is 2. The average molecular weight is 188 g/mol. The SMILES string of the molecule is CC(C)CN=C(N)CSC(C)C. The number of aliphatic imine (C=N–C) groups is 1. The summed E-state index contributed by atoms with van der Waals surface area (Å²) in [5.74, 6) is 2.25. The Kier molecular flexibility index (Phi) is 6.25. The van der Waals surface area contributed by atoms with E-state index in [1.165, 1.54) is 0 Å². The minimum Gasteiger partial charge on any atom is -0.387 e. The van der Waals surface area contributed by atoms with Gasteiger partial charge in [0.25, 0.3) is 0 Å². The molecule has 0 heterocycles. The van der Waals surface area contributed by atoms with E-state index in [4.69, 9.17) is 5.73 Å². The number of thioether (sulfide) groups is 1. The fraction of sp³-hybridized carbons (Fsp3) is 0.889. The van der Waals surface area contributed by atoms with Crippen molar-refractivity contribution in [2.45, 2.75) is 32.9 Å². The molecule has 0 atom stereocenters. The molecule has 0 saturated heterocycles. The van der Waals surface area contributed by atoms with Crippen LogP contribution in [0.15, 0.2) is 4.99 Å². The zero-order chi connectivity index (χ0) is 9.56. The Morgan fingerprint density at radius 2 is 1.92 bits per heavy atom. The fourth-order valence-electron chi connectivity index (χ4n) is 0.598. The van der Waals surface area contributed by atoms with Crippen molar-refractivity contribution in [1.82, 2.24) is 0 Å². The molecule has 72 valence electrons. The van der Waals surface area contributed by atoms with Crippen molar-refractivity contribution < 1.29 is 0 Å². The Bertz CT molecular complexity index is 141. The quantitative estimate of drug-likeness (QED) is 0.530. The molecule has 12 heavy (non-hydrogen) atoms. The van der Waals surface area contributed by atoms with Gasteiger partial charge in [-0.2, -0.15) is 11.8 Å². The van der Waals surface area contributed by atoms with Gasteiger partial charge in [0, 0.05) is 6.54 Å². The largest absolute Gasteiger partial charge is 0.387 e. The first-order valence-electron chi connectivity index (χ1n) is 4.42. The van der Waals surface area contributed by atoms with Gasteiger partial charge in [-0.1, -0.05) is 27.7 Å². The van der Waals surface area contributed by atoms with Gasteiger partial charge in [-0.3, -0.25) is 4.99 Å². The van der Waals surface area contributed by atoms with E-state index in [-0.39, 0.29) is 0 Å². The molecule has 0 bridgehead atoms. The first-order chi connectivity index (χ1) is 5.52. The summed E-state index contributed by atoms with van der Waals surface area (Å²) in [5, 5.41) is 0.637. The van der Waals surface area contributed by atoms with Crippen molar-refractivity contribution in [1.29, 1.82) is 0 Å². The first-order valence-corrected chi connectivity index (χ1v) is 5.47. The van der Waals surface area contributed by atoms with E-state index in [1.807, 2.05) is 11.8 Å². The van der Waals surface area contributed by atoms with Gasteiger partial charge in [0.05, 0.1) is 5.75 Å². The Hall–Kier alpha value is -0.180. The molecule has 0 radical (unpaired) electrons. The smallest absolute Gasteiger partial charge is 0.104 e. The van der Waals surface area contributed by atoms with Gasteiger partial charge in [0.15, 0.2) is 0 Å². The zero-order valence-corrected chi connectivity index (χ0v) is 9.32. The molecule has 0 aliphatic rings. The molecule has 3 heteroatoms. The Morgan fingerprint density at radius 3 is 2.33 bits per heavy atom. The van der Waals surface area contributed by atoms with Crippen LogP contribution in [-0.2, 0) is 0 Å². The molecule has 0 spiro atoms. The van der Waals surface area contributed by atoms with Crippen LogP contribution in [0, 0.1) is 5.92 Å². The van der Waals surface area contributed by atoms with Crippen molar-refractivity contribution in [3.63, 3.8) is 0 Å². The third-order valence-electron chi connectivity index (χ3n) is 1.22. The molecule has 0 rings (SSSR count). The summed E-state index contributed by atoms with van der Waals surface area (Å²) in [6.45, 7) is 9.48. The lowest BCUT2D eigenvalue weighted by atomic mass is 10.2. The molecule has 0 unspecified atom stereocenters. The predicted molar refractivity (Wildman–Crippen MR) is 58.9 cm³/mol. The number of nitrogens with two attached hydrogens (primary N) is 1. The van der Waals surface area contributed by atoms with Crippen molar-refractivity contribution in [2.24, 2.45) is 16.6 Å². The number of amidine groups is 1. The van der Waals surface area contributed by atoms with E-state index < -0.39 is 0 Å². The highest BCUT2D eigenvalue weighted by atomic mass is 32.2. The molecule has 0 aromatic rings. The lowest BCUT2D eigenvalue weighted by Crippen LogP contribution is -2.17. The minimum absolute atomic E-state index is 0.604. The summed E-state index contributed by atoms with van der Waals surface area (Å²) in [4.78, 5) is 4.27. The Balaban J connectivity index is 3.56. The van der Waals surface area contributed by atoms with E-state index in [0.717, 1.165) is 18.1 Å². The summed E-state index contributed by atoms with van der Waals surface area (Å²) in [5.41, 5.74) is 5.70. The van der Waals surface area contributed by atoms with Crippen molar-refractivity contribution in [3.8, 4) is 0 Å². The summed E-state index contributed by atoms with van der Waals surface area (Å²) < 4.78 is 0. The number of nitrogens with zero attached hydrogens (tertiary/aromatic N) is 1. The van der Waals surface area contributed by atoms with Gasteiger partial charge in [0.1, 0.15) is 5.84 Å². The summed E-state index contributed by atoms with van der Waals surface area (Å²) >= 11 is 1.84. The van der Waals surface area contributed by atoms with Crippen LogP contribution in [0.25, 0.3) is 0 Å². The highest BCUT2D eigenvalue weighted by Gasteiger charge is 1.97. The van der Waals surface area contributed by atoms with Crippen LogP contribution in [-0.4, -0.2) is 23.4 Å². The number of hydrogen-bond donors (Lipinski definition) is 1. The molecule has 0 saturated carbocycles. The third kappa shape index (κ3) is 7.92. The highest BCUT2D eigenvalue weighted by molar-refractivity contribution is 8.00. The predicted octanol–water partition coefficient (Wildman–Crippen LogP) is 2.14. The molecule has 2 N–H and O–H groups in total. The molecule has 0 fully saturated rings. The molecule has 0 aromatic carbocycles. The van der Waals surface area contributed by atoms with E-state index in [1.54, 1.807) is 0 Å². The summed E-state index contributed by atoms with van der Waals surface area (Å²) in [6, 6.07) is 0. The molecule has 0 aromatic heterocycles. The summed E-state index contributed by atoms with van der Waals surface area (Å²) in [7, 11) is 0. The van der Waals surface area contributed by atoms with Gasteiger partial charge in [-0.05, 0) is 11.2 Å². The number of rotatable bonds is 5. The van der Waals surface area contributed by atoms with Gasteiger partial charge < -0.3 is 5.73 Å². The Morgan fingerprint density at radius 1 is 1.33 bits per heavy atom. The van der Waals surface area contributed by atoms with Crippen LogP contribution < -0.4 is 5.73 Å². The van der Waals surface area contributed by atoms with Gasteiger partial charge in [-0.25, -0.2) is 0 Å². The monoisotopic (exact) mass is 188 g/mol. The summed E-state index contributed by atoms with van der Waals surface area (Å²) in [6.07, 6.45) is 0. The first kappa shape index (κ1) is 11.8. The topological polar surface area (TPSA) is 38.4 Å². The van der Waals surface area contributed by atoms with Gasteiger partial charge in [-0.15, -0.1) is 0 Å². The maximum absolute atomic E-state index is 5.70. The van der Waals surface area contributed by atoms with Crippen LogP contribution >= 0.6 is 11.8 Å². The van der Waals surface area contributed by atoms with Crippen LogP contribution in [0.3, 0.4) is 0 Å². The van der Waals surface area contributed by atoms with Gasteiger partial charge >= 0.3 is 0 Å². The van der Waals surface area contributed by atoms with Crippen LogP contribution in [0.2, 0.25) is 0 Å². The normalized spacial score (nSPS) is 13.0. The zero-order valence-electron chi connectivity index (χ0n) is 8.50. The second kappa shape index (κ2) is 6.35. The maximum Gasteiger partial charge on any atom is 0.104 e. The molecule has 0 aliphatic heterocycles. The van der Waals surface area contributed by atoms with Crippen LogP contribution in [0.1, 0.15) is 27.7 Å². The van der Waals surface area contributed by atoms with E-state index in [2.05, 4.69) is 32.7 Å². The van der Waals surface area contributed by atoms with Crippen molar-refractivity contribution in [3.05, 3.63) is 0 Å². The highest BCUT2D eigenvalue weighted by Crippen LogP contribution is 2.07. The van der Waals surface area contributed by atoms with E-state index in [9.17, 15) is 0 Å². The lowest BCUT2D eigenvalue weighted by molar-refractivity contribution is 0.665. The van der Waals surface area contributed by atoms with Gasteiger partial charge in [0.2, 0.25) is 0 Å². The third-order valence-corrected chi connectivity index (χ3v) is 2.35. The molecule has 0 aliphatic carbocycles. The van der Waals surface area contributed by atoms with Crippen molar-refractivity contribution in [2.75, 3.05) is 12.3 Å². The van der Waals surface area contributed by atoms with E-state index >= 15 is 0 Å². The molecule has 0 amide bonds. The molecule has 2 nitrogen and oxygen atoms in total. The van der Waals surface area contributed by atoms with Crippen LogP contribution in [0.4, 0.5) is 0 Å². The fourth-order valence-corrected chi connectivity index (χ4v) is 1.19. The standard InChI is InChI=1S/C9H20N2S/c1-7(2)5-11-9(10)6-12-8(3)4/h7-8H,5-6H2,1-4H3,(H2,10,11). The maximum atomic E-state index is 5.70. The molecular formula is C9H20N2S. The van der Waals surface area contributed by atoms with Crippen molar-refractivity contribution >= 4 is 17.6 Å². The lowest BCUT2D eigenvalue weighted by Gasteiger charge is -2.05. The second-order valence-corrected chi connectivity index (χ2v) is 5.15. The Labute approximate surface area is 80.0 Å². The van der Waals surface area contributed by atoms with Crippen LogP contribution in [0.5, 0.6) is 0 Å². The average Bonchev–Trinajstić information content (AvgIpc) is 1.96.